The molecule has 7 heteroatoms. The van der Waals surface area contributed by atoms with Gasteiger partial charge < -0.3 is 14.2 Å². The zero-order valence-corrected chi connectivity index (χ0v) is 16.1. The summed E-state index contributed by atoms with van der Waals surface area (Å²) in [6.07, 6.45) is 2.51. The van der Waals surface area contributed by atoms with E-state index in [0.29, 0.717) is 31.1 Å². The van der Waals surface area contributed by atoms with Crippen LogP contribution in [0, 0.1) is 11.8 Å². The maximum absolute atomic E-state index is 12.4. The van der Waals surface area contributed by atoms with E-state index in [-0.39, 0.29) is 18.0 Å². The molecule has 0 aromatic heterocycles. The zero-order valence-electron chi connectivity index (χ0n) is 15.3. The number of allylic oxidation sites excluding steroid dienone is 1. The average Bonchev–Trinajstić information content (AvgIpc) is 2.71. The van der Waals surface area contributed by atoms with Crippen molar-refractivity contribution in [1.82, 2.24) is 4.72 Å². The van der Waals surface area contributed by atoms with E-state index >= 15 is 0 Å². The van der Waals surface area contributed by atoms with E-state index in [1.165, 1.54) is 12.1 Å². The predicted octanol–water partition coefficient (Wildman–Crippen LogP) is 2.55. The number of rotatable bonds is 7. The fraction of sp³-hybridized carbons (Fsp3) is 0.238. The molecule has 6 nitrogen and oxygen atoms in total. The summed E-state index contributed by atoms with van der Waals surface area (Å²) in [5, 5.41) is 0. The van der Waals surface area contributed by atoms with Crippen molar-refractivity contribution in [2.45, 2.75) is 11.3 Å². The molecule has 0 fully saturated rings. The summed E-state index contributed by atoms with van der Waals surface area (Å²) in [4.78, 5) is 0.105. The van der Waals surface area contributed by atoms with E-state index in [0.717, 1.165) is 11.3 Å². The number of nitrogens with one attached hydrogen (secondary N) is 1. The van der Waals surface area contributed by atoms with E-state index in [9.17, 15) is 8.42 Å². The van der Waals surface area contributed by atoms with E-state index in [4.69, 9.17) is 14.2 Å². The Morgan fingerprint density at radius 2 is 1.89 bits per heavy atom. The molecule has 1 N–H and O–H groups in total. The van der Waals surface area contributed by atoms with Gasteiger partial charge in [-0.15, -0.1) is 6.58 Å². The van der Waals surface area contributed by atoms with Gasteiger partial charge in [0.25, 0.3) is 0 Å². The van der Waals surface area contributed by atoms with Gasteiger partial charge in [-0.05, 0) is 30.2 Å². The van der Waals surface area contributed by atoms with Crippen LogP contribution in [0.3, 0.4) is 0 Å². The van der Waals surface area contributed by atoms with Gasteiger partial charge in [0.1, 0.15) is 25.6 Å². The normalized spacial score (nSPS) is 12.6. The van der Waals surface area contributed by atoms with Crippen molar-refractivity contribution in [3.8, 4) is 29.1 Å². The third kappa shape index (κ3) is 5.06. The third-order valence-corrected chi connectivity index (χ3v) is 5.34. The second-order valence-electron chi connectivity index (χ2n) is 5.87. The molecule has 3 rings (SSSR count). The molecule has 146 valence electrons. The summed E-state index contributed by atoms with van der Waals surface area (Å²) < 4.78 is 43.6. The molecule has 2 aromatic carbocycles. The Morgan fingerprint density at radius 3 is 2.71 bits per heavy atom. The molecule has 0 saturated heterocycles. The van der Waals surface area contributed by atoms with E-state index in [1.807, 2.05) is 24.3 Å². The molecule has 2 aromatic rings. The van der Waals surface area contributed by atoms with Crippen LogP contribution in [0.2, 0.25) is 0 Å². The Hall–Kier alpha value is -2.95. The smallest absolute Gasteiger partial charge is 0.241 e. The second kappa shape index (κ2) is 9.31. The first-order chi connectivity index (χ1) is 13.6. The highest BCUT2D eigenvalue weighted by atomic mass is 32.2. The summed E-state index contributed by atoms with van der Waals surface area (Å²) in [7, 11) is -3.69. The molecular weight excluding hydrogens is 378 g/mol. The summed E-state index contributed by atoms with van der Waals surface area (Å²) in [5.41, 5.74) is 1.03. The lowest BCUT2D eigenvalue weighted by Gasteiger charge is -2.18. The SMILES string of the molecule is C=CCc1ccccc1OCC#CCNS(=O)(=O)c1ccc2c(c1)OCCO2. The van der Waals surface area contributed by atoms with Crippen molar-refractivity contribution in [1.29, 1.82) is 0 Å². The van der Waals surface area contributed by atoms with Gasteiger partial charge in [0, 0.05) is 6.07 Å². The van der Waals surface area contributed by atoms with Crippen LogP contribution in [0.1, 0.15) is 5.56 Å². The quantitative estimate of drug-likeness (QED) is 0.572. The minimum absolute atomic E-state index is 0.0194. The van der Waals surface area contributed by atoms with Crippen LogP contribution < -0.4 is 18.9 Å². The standard InChI is InChI=1S/C21H21NO5S/c1-2-7-17-8-3-4-9-19(17)25-13-6-5-12-22-28(23,24)18-10-11-20-21(16-18)27-15-14-26-20/h2-4,8-11,16,22H,1,7,12-15H2. The molecular formula is C21H21NO5S. The number of sulfonamides is 1. The predicted molar refractivity (Wildman–Crippen MR) is 106 cm³/mol. The van der Waals surface area contributed by atoms with Crippen LogP contribution in [0.25, 0.3) is 0 Å². The van der Waals surface area contributed by atoms with Crippen molar-refractivity contribution in [2.24, 2.45) is 0 Å². The molecule has 0 aliphatic carbocycles. The Kier molecular flexibility index (Phi) is 6.58. The van der Waals surface area contributed by atoms with Crippen LogP contribution in [-0.2, 0) is 16.4 Å². The summed E-state index contributed by atoms with van der Waals surface area (Å²) in [6, 6.07) is 12.2. The number of benzene rings is 2. The molecule has 0 spiro atoms. The largest absolute Gasteiger partial charge is 0.486 e. The van der Waals surface area contributed by atoms with Crippen molar-refractivity contribution >= 4 is 10.0 Å². The summed E-state index contributed by atoms with van der Waals surface area (Å²) in [6.45, 7) is 4.72. The van der Waals surface area contributed by atoms with E-state index in [1.54, 1.807) is 12.1 Å². The minimum atomic E-state index is -3.69. The molecule has 0 atom stereocenters. The van der Waals surface area contributed by atoms with Gasteiger partial charge in [-0.3, -0.25) is 0 Å². The minimum Gasteiger partial charge on any atom is -0.486 e. The molecule has 0 bridgehead atoms. The van der Waals surface area contributed by atoms with Gasteiger partial charge >= 0.3 is 0 Å². The molecule has 1 heterocycles. The average molecular weight is 399 g/mol. The molecule has 28 heavy (non-hydrogen) atoms. The van der Waals surface area contributed by atoms with Crippen LogP contribution in [0.15, 0.2) is 60.0 Å². The van der Waals surface area contributed by atoms with Gasteiger partial charge in [0.05, 0.1) is 11.4 Å². The van der Waals surface area contributed by atoms with Crippen LogP contribution >= 0.6 is 0 Å². The monoisotopic (exact) mass is 399 g/mol. The van der Waals surface area contributed by atoms with Gasteiger partial charge in [-0.25, -0.2) is 8.42 Å². The number of hydrogen-bond acceptors (Lipinski definition) is 5. The van der Waals surface area contributed by atoms with Gasteiger partial charge in [0.15, 0.2) is 11.5 Å². The van der Waals surface area contributed by atoms with E-state index < -0.39 is 10.0 Å². The lowest BCUT2D eigenvalue weighted by atomic mass is 10.1. The maximum Gasteiger partial charge on any atom is 0.241 e. The fourth-order valence-corrected chi connectivity index (χ4v) is 3.54. The highest BCUT2D eigenvalue weighted by Gasteiger charge is 2.18. The molecule has 0 amide bonds. The number of para-hydroxylation sites is 1. The van der Waals surface area contributed by atoms with Crippen LogP contribution in [0.5, 0.6) is 17.2 Å². The van der Waals surface area contributed by atoms with Crippen molar-refractivity contribution in [2.75, 3.05) is 26.4 Å². The van der Waals surface area contributed by atoms with Gasteiger partial charge in [-0.2, -0.15) is 4.72 Å². The molecule has 0 saturated carbocycles. The molecule has 0 radical (unpaired) electrons. The second-order valence-corrected chi connectivity index (χ2v) is 7.64. The first-order valence-electron chi connectivity index (χ1n) is 8.77. The fourth-order valence-electron chi connectivity index (χ4n) is 2.60. The summed E-state index contributed by atoms with van der Waals surface area (Å²) >= 11 is 0. The van der Waals surface area contributed by atoms with Crippen molar-refractivity contribution < 1.29 is 22.6 Å². The Balaban J connectivity index is 1.53. The maximum atomic E-state index is 12.4. The first-order valence-corrected chi connectivity index (χ1v) is 10.2. The highest BCUT2D eigenvalue weighted by molar-refractivity contribution is 7.89. The number of ether oxygens (including phenoxy) is 3. The van der Waals surface area contributed by atoms with Crippen LogP contribution in [-0.4, -0.2) is 34.8 Å². The lowest BCUT2D eigenvalue weighted by molar-refractivity contribution is 0.171. The van der Waals surface area contributed by atoms with Crippen molar-refractivity contribution in [3.63, 3.8) is 0 Å². The molecule has 1 aliphatic heterocycles. The molecule has 1 aliphatic rings. The Bertz CT molecular complexity index is 1000. The van der Waals surface area contributed by atoms with Gasteiger partial charge in [0.2, 0.25) is 10.0 Å². The Labute approximate surface area is 165 Å². The first kappa shape index (κ1) is 19.8. The topological polar surface area (TPSA) is 73.9 Å². The highest BCUT2D eigenvalue weighted by Crippen LogP contribution is 2.32. The van der Waals surface area contributed by atoms with Crippen LogP contribution in [0.4, 0.5) is 0 Å². The van der Waals surface area contributed by atoms with Crippen molar-refractivity contribution in [3.05, 3.63) is 60.7 Å². The zero-order chi connectivity index (χ0) is 19.8. The summed E-state index contributed by atoms with van der Waals surface area (Å²) in [5.74, 6) is 7.27. The third-order valence-electron chi connectivity index (χ3n) is 3.94. The number of fused-ring (bicyclic) bond motifs is 1. The number of hydrogen-bond donors (Lipinski definition) is 1. The van der Waals surface area contributed by atoms with E-state index in [2.05, 4.69) is 23.1 Å². The lowest BCUT2D eigenvalue weighted by Crippen LogP contribution is -2.24. The Morgan fingerprint density at radius 1 is 1.11 bits per heavy atom. The molecule has 0 unspecified atom stereocenters. The van der Waals surface area contributed by atoms with Gasteiger partial charge in [-0.1, -0.05) is 36.1 Å².